The molecular weight excluding hydrogens is 246 g/mol. The lowest BCUT2D eigenvalue weighted by atomic mass is 9.95. The average Bonchev–Trinajstić information content (AvgIpc) is 2.81. The van der Waals surface area contributed by atoms with Crippen LogP contribution in [0.1, 0.15) is 38.8 Å². The third kappa shape index (κ3) is 2.81. The Morgan fingerprint density at radius 1 is 1.33 bits per heavy atom. The highest BCUT2D eigenvalue weighted by molar-refractivity contribution is 6.30. The first-order valence-electron chi connectivity index (χ1n) is 6.71. The zero-order valence-corrected chi connectivity index (χ0v) is 12.1. The van der Waals surface area contributed by atoms with Crippen LogP contribution in [0.4, 0.5) is 0 Å². The van der Waals surface area contributed by atoms with Crippen molar-refractivity contribution < 1.29 is 5.11 Å². The van der Waals surface area contributed by atoms with E-state index in [1.54, 1.807) is 12.1 Å². The molecule has 0 radical (unpaired) electrons. The molecule has 0 aliphatic carbocycles. The average molecular weight is 268 g/mol. The summed E-state index contributed by atoms with van der Waals surface area (Å²) in [5, 5.41) is 10.6. The van der Waals surface area contributed by atoms with Crippen LogP contribution in [0, 0.1) is 11.8 Å². The molecule has 0 amide bonds. The molecule has 1 N–H and O–H groups in total. The molecule has 100 valence electrons. The van der Waals surface area contributed by atoms with Gasteiger partial charge >= 0.3 is 0 Å². The van der Waals surface area contributed by atoms with E-state index >= 15 is 0 Å². The molecule has 18 heavy (non-hydrogen) atoms. The van der Waals surface area contributed by atoms with E-state index < -0.39 is 0 Å². The molecular formula is C15H22ClNO. The fourth-order valence-electron chi connectivity index (χ4n) is 2.77. The summed E-state index contributed by atoms with van der Waals surface area (Å²) in [5.41, 5.74) is 0.937. The Bertz CT molecular complexity index is 419. The lowest BCUT2D eigenvalue weighted by molar-refractivity contribution is 0.238. The number of rotatable bonds is 3. The van der Waals surface area contributed by atoms with Gasteiger partial charge in [-0.3, -0.25) is 4.90 Å². The van der Waals surface area contributed by atoms with Crippen molar-refractivity contribution in [2.45, 2.75) is 33.2 Å². The molecule has 2 atom stereocenters. The Morgan fingerprint density at radius 3 is 2.67 bits per heavy atom. The smallest absolute Gasteiger partial charge is 0.120 e. The summed E-state index contributed by atoms with van der Waals surface area (Å²) in [4.78, 5) is 2.44. The number of nitrogens with zero attached hydrogens (tertiary/aromatic N) is 1. The summed E-state index contributed by atoms with van der Waals surface area (Å²) in [6, 6.07) is 5.52. The lowest BCUT2D eigenvalue weighted by Crippen LogP contribution is -2.25. The second-order valence-electron chi connectivity index (χ2n) is 5.67. The van der Waals surface area contributed by atoms with Crippen LogP contribution in [0.3, 0.4) is 0 Å². The molecule has 2 unspecified atom stereocenters. The maximum Gasteiger partial charge on any atom is 0.120 e. The van der Waals surface area contributed by atoms with E-state index in [1.165, 1.54) is 6.42 Å². The van der Waals surface area contributed by atoms with Crippen LogP contribution in [0.15, 0.2) is 18.2 Å². The van der Waals surface area contributed by atoms with Gasteiger partial charge in [0.1, 0.15) is 5.75 Å². The number of phenols is 1. The van der Waals surface area contributed by atoms with Gasteiger partial charge in [-0.2, -0.15) is 0 Å². The Morgan fingerprint density at radius 2 is 2.06 bits per heavy atom. The van der Waals surface area contributed by atoms with Crippen molar-refractivity contribution in [3.05, 3.63) is 28.8 Å². The zero-order valence-electron chi connectivity index (χ0n) is 11.4. The Hall–Kier alpha value is -0.730. The summed E-state index contributed by atoms with van der Waals surface area (Å²) >= 11 is 6.02. The van der Waals surface area contributed by atoms with Crippen LogP contribution in [0.5, 0.6) is 5.75 Å². The van der Waals surface area contributed by atoms with E-state index in [1.807, 2.05) is 6.07 Å². The monoisotopic (exact) mass is 267 g/mol. The molecule has 1 aliphatic heterocycles. The molecule has 1 fully saturated rings. The van der Waals surface area contributed by atoms with Gasteiger partial charge in [-0.1, -0.05) is 25.4 Å². The molecule has 2 rings (SSSR count). The maximum absolute atomic E-state index is 9.96. The minimum atomic E-state index is 0.229. The van der Waals surface area contributed by atoms with Crippen LogP contribution in [-0.4, -0.2) is 23.1 Å². The fourth-order valence-corrected chi connectivity index (χ4v) is 2.95. The highest BCUT2D eigenvalue weighted by Crippen LogP contribution is 2.35. The van der Waals surface area contributed by atoms with Gasteiger partial charge in [0.15, 0.2) is 0 Å². The van der Waals surface area contributed by atoms with E-state index in [9.17, 15) is 5.11 Å². The maximum atomic E-state index is 9.96. The lowest BCUT2D eigenvalue weighted by Gasteiger charge is -2.26. The quantitative estimate of drug-likeness (QED) is 0.892. The first-order valence-corrected chi connectivity index (χ1v) is 7.09. The molecule has 0 bridgehead atoms. The number of phenolic OH excluding ortho intramolecular Hbond substituents is 1. The molecule has 1 aromatic carbocycles. The van der Waals surface area contributed by atoms with Crippen LogP contribution < -0.4 is 0 Å². The van der Waals surface area contributed by atoms with Crippen LogP contribution in [0.25, 0.3) is 0 Å². The van der Waals surface area contributed by atoms with Gasteiger partial charge in [0.2, 0.25) is 0 Å². The standard InChI is InChI=1S/C15H22ClNO/c1-10(2)12-6-7-17(9-12)11(3)14-8-13(16)4-5-15(14)18/h4-5,8,10-12,18H,6-7,9H2,1-3H3. The number of likely N-dealkylation sites (tertiary alicyclic amines) is 1. The summed E-state index contributed by atoms with van der Waals surface area (Å²) in [6.07, 6.45) is 1.25. The third-order valence-corrected chi connectivity index (χ3v) is 4.42. The largest absolute Gasteiger partial charge is 0.508 e. The highest BCUT2D eigenvalue weighted by atomic mass is 35.5. The Kier molecular flexibility index (Phi) is 4.18. The van der Waals surface area contributed by atoms with Gasteiger partial charge in [0, 0.05) is 23.2 Å². The van der Waals surface area contributed by atoms with E-state index in [0.717, 1.165) is 30.5 Å². The Balaban J connectivity index is 2.12. The van der Waals surface area contributed by atoms with E-state index in [2.05, 4.69) is 25.7 Å². The summed E-state index contributed by atoms with van der Waals surface area (Å²) in [5.74, 6) is 1.85. The first kappa shape index (κ1) is 13.7. The van der Waals surface area contributed by atoms with Crippen LogP contribution in [0.2, 0.25) is 5.02 Å². The molecule has 0 saturated carbocycles. The van der Waals surface area contributed by atoms with E-state index in [4.69, 9.17) is 11.6 Å². The number of aromatic hydroxyl groups is 1. The van der Waals surface area contributed by atoms with Crippen molar-refractivity contribution >= 4 is 11.6 Å². The summed E-state index contributed by atoms with van der Waals surface area (Å²) < 4.78 is 0. The molecule has 1 aromatic rings. The minimum absolute atomic E-state index is 0.229. The van der Waals surface area contributed by atoms with Crippen molar-refractivity contribution in [1.29, 1.82) is 0 Å². The van der Waals surface area contributed by atoms with E-state index in [0.29, 0.717) is 10.8 Å². The predicted molar refractivity (Wildman–Crippen MR) is 76.0 cm³/mol. The molecule has 0 aromatic heterocycles. The first-order chi connectivity index (χ1) is 8.49. The fraction of sp³-hybridized carbons (Fsp3) is 0.600. The molecule has 1 heterocycles. The minimum Gasteiger partial charge on any atom is -0.508 e. The molecule has 0 spiro atoms. The molecule has 3 heteroatoms. The SMILES string of the molecule is CC(C)C1CCN(C(C)c2cc(Cl)ccc2O)C1. The molecule has 1 aliphatic rings. The predicted octanol–water partition coefficient (Wildman–Crippen LogP) is 4.08. The van der Waals surface area contributed by atoms with Gasteiger partial charge in [-0.05, 0) is 49.9 Å². The number of hydrogen-bond acceptors (Lipinski definition) is 2. The normalized spacial score (nSPS) is 22.6. The van der Waals surface area contributed by atoms with Crippen molar-refractivity contribution in [2.24, 2.45) is 11.8 Å². The number of halogens is 1. The van der Waals surface area contributed by atoms with Crippen molar-refractivity contribution in [3.63, 3.8) is 0 Å². The highest BCUT2D eigenvalue weighted by Gasteiger charge is 2.29. The van der Waals surface area contributed by atoms with Crippen molar-refractivity contribution in [2.75, 3.05) is 13.1 Å². The summed E-state index contributed by atoms with van der Waals surface area (Å²) in [6.45, 7) is 8.94. The zero-order chi connectivity index (χ0) is 13.3. The Labute approximate surface area is 115 Å². The van der Waals surface area contributed by atoms with Gasteiger partial charge in [0.05, 0.1) is 0 Å². The second-order valence-corrected chi connectivity index (χ2v) is 6.10. The molecule has 1 saturated heterocycles. The van der Waals surface area contributed by atoms with Crippen LogP contribution >= 0.6 is 11.6 Å². The van der Waals surface area contributed by atoms with Gasteiger partial charge < -0.3 is 5.11 Å². The second kappa shape index (κ2) is 5.50. The number of benzene rings is 1. The summed E-state index contributed by atoms with van der Waals surface area (Å²) in [7, 11) is 0. The topological polar surface area (TPSA) is 23.5 Å². The molecule has 2 nitrogen and oxygen atoms in total. The third-order valence-electron chi connectivity index (χ3n) is 4.19. The number of hydrogen-bond donors (Lipinski definition) is 1. The van der Waals surface area contributed by atoms with Gasteiger partial charge in [-0.15, -0.1) is 0 Å². The van der Waals surface area contributed by atoms with Crippen molar-refractivity contribution in [3.8, 4) is 5.75 Å². The van der Waals surface area contributed by atoms with E-state index in [-0.39, 0.29) is 6.04 Å². The van der Waals surface area contributed by atoms with Gasteiger partial charge in [0.25, 0.3) is 0 Å². The van der Waals surface area contributed by atoms with Crippen LogP contribution in [-0.2, 0) is 0 Å². The van der Waals surface area contributed by atoms with Crippen molar-refractivity contribution in [1.82, 2.24) is 4.90 Å². The van der Waals surface area contributed by atoms with Gasteiger partial charge in [-0.25, -0.2) is 0 Å².